The van der Waals surface area contributed by atoms with Gasteiger partial charge < -0.3 is 10.1 Å². The first-order valence-corrected chi connectivity index (χ1v) is 7.07. The van der Waals surface area contributed by atoms with Crippen LogP contribution in [0.5, 0.6) is 5.75 Å². The summed E-state index contributed by atoms with van der Waals surface area (Å²) in [7, 11) is 1.73. The summed E-state index contributed by atoms with van der Waals surface area (Å²) in [5.41, 5.74) is 3.47. The van der Waals surface area contributed by atoms with E-state index in [1.54, 1.807) is 7.11 Å². The van der Waals surface area contributed by atoms with E-state index in [-0.39, 0.29) is 0 Å². The van der Waals surface area contributed by atoms with Crippen molar-refractivity contribution in [3.63, 3.8) is 0 Å². The third-order valence-electron chi connectivity index (χ3n) is 3.74. The molecule has 1 aromatic rings. The quantitative estimate of drug-likeness (QED) is 0.903. The van der Waals surface area contributed by atoms with Gasteiger partial charge in [0.15, 0.2) is 0 Å². The fourth-order valence-corrected chi connectivity index (χ4v) is 3.06. The van der Waals surface area contributed by atoms with Crippen molar-refractivity contribution in [1.82, 2.24) is 5.32 Å². The van der Waals surface area contributed by atoms with E-state index in [9.17, 15) is 0 Å². The molecule has 0 bridgehead atoms. The SMILES string of the molecule is COc1c(C)cc(C)c(Cl)c1CC1CCCCN1. The van der Waals surface area contributed by atoms with Crippen molar-refractivity contribution in [2.75, 3.05) is 13.7 Å². The van der Waals surface area contributed by atoms with Gasteiger partial charge in [0.25, 0.3) is 0 Å². The molecule has 0 aromatic heterocycles. The predicted octanol–water partition coefficient (Wildman–Crippen LogP) is 3.65. The molecule has 18 heavy (non-hydrogen) atoms. The highest BCUT2D eigenvalue weighted by Gasteiger charge is 2.19. The van der Waals surface area contributed by atoms with Crippen LogP contribution in [0.1, 0.15) is 36.0 Å². The number of rotatable bonds is 3. The first-order valence-electron chi connectivity index (χ1n) is 6.69. The topological polar surface area (TPSA) is 21.3 Å². The minimum Gasteiger partial charge on any atom is -0.496 e. The van der Waals surface area contributed by atoms with E-state index in [2.05, 4.69) is 25.2 Å². The van der Waals surface area contributed by atoms with E-state index >= 15 is 0 Å². The molecule has 1 saturated heterocycles. The van der Waals surface area contributed by atoms with Crippen molar-refractivity contribution < 1.29 is 4.74 Å². The Hall–Kier alpha value is -0.730. The fourth-order valence-electron chi connectivity index (χ4n) is 2.84. The Kier molecular flexibility index (Phi) is 4.52. The van der Waals surface area contributed by atoms with Gasteiger partial charge in [0.2, 0.25) is 0 Å². The van der Waals surface area contributed by atoms with Crippen LogP contribution in [-0.2, 0) is 6.42 Å². The van der Waals surface area contributed by atoms with Crippen LogP contribution in [0.4, 0.5) is 0 Å². The van der Waals surface area contributed by atoms with Crippen LogP contribution in [-0.4, -0.2) is 19.7 Å². The fraction of sp³-hybridized carbons (Fsp3) is 0.600. The van der Waals surface area contributed by atoms with Gasteiger partial charge in [0.1, 0.15) is 5.75 Å². The Morgan fingerprint density at radius 2 is 2.11 bits per heavy atom. The molecule has 0 radical (unpaired) electrons. The van der Waals surface area contributed by atoms with Crippen LogP contribution in [0.2, 0.25) is 5.02 Å². The number of methoxy groups -OCH3 is 1. The summed E-state index contributed by atoms with van der Waals surface area (Å²) in [4.78, 5) is 0. The summed E-state index contributed by atoms with van der Waals surface area (Å²) in [6.07, 6.45) is 4.79. The standard InChI is InChI=1S/C15H22ClNO/c1-10-8-11(2)15(18-3)13(14(10)16)9-12-6-4-5-7-17-12/h8,12,17H,4-7,9H2,1-3H3. The van der Waals surface area contributed by atoms with Gasteiger partial charge in [-0.1, -0.05) is 24.1 Å². The van der Waals surface area contributed by atoms with Gasteiger partial charge in [-0.2, -0.15) is 0 Å². The Labute approximate surface area is 115 Å². The van der Waals surface area contributed by atoms with Gasteiger partial charge in [-0.25, -0.2) is 0 Å². The van der Waals surface area contributed by atoms with E-state index in [1.165, 1.54) is 24.8 Å². The second kappa shape index (κ2) is 5.94. The number of aryl methyl sites for hydroxylation is 2. The van der Waals surface area contributed by atoms with E-state index in [1.807, 2.05) is 0 Å². The van der Waals surface area contributed by atoms with Crippen LogP contribution in [0.25, 0.3) is 0 Å². The smallest absolute Gasteiger partial charge is 0.126 e. The molecular weight excluding hydrogens is 246 g/mol. The lowest BCUT2D eigenvalue weighted by atomic mass is 9.94. The Morgan fingerprint density at radius 1 is 1.33 bits per heavy atom. The molecule has 0 amide bonds. The molecule has 0 saturated carbocycles. The molecule has 1 heterocycles. The maximum absolute atomic E-state index is 6.46. The highest BCUT2D eigenvalue weighted by Crippen LogP contribution is 2.34. The highest BCUT2D eigenvalue weighted by atomic mass is 35.5. The molecule has 2 rings (SSSR count). The maximum atomic E-state index is 6.46. The average Bonchev–Trinajstić information content (AvgIpc) is 2.37. The lowest BCUT2D eigenvalue weighted by molar-refractivity contribution is 0.380. The number of halogens is 1. The molecule has 1 aromatic carbocycles. The summed E-state index contributed by atoms with van der Waals surface area (Å²) in [5, 5.41) is 4.44. The van der Waals surface area contributed by atoms with E-state index in [4.69, 9.17) is 16.3 Å². The van der Waals surface area contributed by atoms with Gasteiger partial charge in [-0.15, -0.1) is 0 Å². The normalized spacial score (nSPS) is 19.9. The molecule has 0 spiro atoms. The first kappa shape index (κ1) is 13.7. The highest BCUT2D eigenvalue weighted by molar-refractivity contribution is 6.32. The molecule has 1 aliphatic rings. The Bertz CT molecular complexity index is 425. The molecule has 1 atom stereocenters. The zero-order chi connectivity index (χ0) is 13.1. The molecule has 2 nitrogen and oxygen atoms in total. The second-order valence-corrected chi connectivity index (χ2v) is 5.57. The molecular formula is C15H22ClNO. The summed E-state index contributed by atoms with van der Waals surface area (Å²) < 4.78 is 5.54. The summed E-state index contributed by atoms with van der Waals surface area (Å²) in [6, 6.07) is 2.63. The third-order valence-corrected chi connectivity index (χ3v) is 4.27. The van der Waals surface area contributed by atoms with E-state index < -0.39 is 0 Å². The number of benzene rings is 1. The lowest BCUT2D eigenvalue weighted by Gasteiger charge is -2.25. The van der Waals surface area contributed by atoms with Gasteiger partial charge in [0.05, 0.1) is 12.1 Å². The minimum atomic E-state index is 0.534. The van der Waals surface area contributed by atoms with Crippen LogP contribution in [0.15, 0.2) is 6.07 Å². The van der Waals surface area contributed by atoms with E-state index in [0.29, 0.717) is 6.04 Å². The predicted molar refractivity (Wildman–Crippen MR) is 76.8 cm³/mol. The zero-order valence-corrected chi connectivity index (χ0v) is 12.2. The number of ether oxygens (including phenoxy) is 1. The van der Waals surface area contributed by atoms with Crippen molar-refractivity contribution >= 4 is 11.6 Å². The molecule has 1 N–H and O–H groups in total. The summed E-state index contributed by atoms with van der Waals surface area (Å²) in [5.74, 6) is 0.956. The molecule has 1 unspecified atom stereocenters. The van der Waals surface area contributed by atoms with Gasteiger partial charge in [0, 0.05) is 11.6 Å². The molecule has 1 fully saturated rings. The lowest BCUT2D eigenvalue weighted by Crippen LogP contribution is -2.35. The van der Waals surface area contributed by atoms with Crippen LogP contribution in [0.3, 0.4) is 0 Å². The van der Waals surface area contributed by atoms with Crippen LogP contribution in [0, 0.1) is 13.8 Å². The molecule has 3 heteroatoms. The van der Waals surface area contributed by atoms with Crippen LogP contribution < -0.4 is 10.1 Å². The van der Waals surface area contributed by atoms with Gasteiger partial charge in [-0.05, 0) is 50.8 Å². The van der Waals surface area contributed by atoms with Crippen LogP contribution >= 0.6 is 11.6 Å². The third kappa shape index (κ3) is 2.81. The molecule has 100 valence electrons. The number of hydrogen-bond donors (Lipinski definition) is 1. The first-order chi connectivity index (χ1) is 8.63. The Balaban J connectivity index is 2.29. The summed E-state index contributed by atoms with van der Waals surface area (Å²) in [6.45, 7) is 5.27. The van der Waals surface area contributed by atoms with Crippen molar-refractivity contribution in [3.8, 4) is 5.75 Å². The van der Waals surface area contributed by atoms with Crippen molar-refractivity contribution in [3.05, 3.63) is 27.8 Å². The molecule has 0 aliphatic carbocycles. The number of piperidine rings is 1. The monoisotopic (exact) mass is 267 g/mol. The second-order valence-electron chi connectivity index (χ2n) is 5.19. The van der Waals surface area contributed by atoms with Gasteiger partial charge >= 0.3 is 0 Å². The summed E-state index contributed by atoms with van der Waals surface area (Å²) >= 11 is 6.46. The Morgan fingerprint density at radius 3 is 2.72 bits per heavy atom. The van der Waals surface area contributed by atoms with E-state index in [0.717, 1.165) is 34.9 Å². The van der Waals surface area contributed by atoms with Crippen molar-refractivity contribution in [2.24, 2.45) is 0 Å². The van der Waals surface area contributed by atoms with Gasteiger partial charge in [-0.3, -0.25) is 0 Å². The van der Waals surface area contributed by atoms with Crippen molar-refractivity contribution in [1.29, 1.82) is 0 Å². The number of hydrogen-bond acceptors (Lipinski definition) is 2. The largest absolute Gasteiger partial charge is 0.496 e. The molecule has 1 aliphatic heterocycles. The zero-order valence-electron chi connectivity index (χ0n) is 11.5. The minimum absolute atomic E-state index is 0.534. The average molecular weight is 268 g/mol. The maximum Gasteiger partial charge on any atom is 0.126 e. The number of nitrogens with one attached hydrogen (secondary N) is 1. The van der Waals surface area contributed by atoms with Crippen molar-refractivity contribution in [2.45, 2.75) is 45.6 Å².